The molecule has 0 aliphatic rings. The maximum absolute atomic E-state index is 12.3. The number of carbonyl (C=O) groups excluding carboxylic acids is 1. The molecule has 2 heterocycles. The van der Waals surface area contributed by atoms with Crippen LogP contribution in [-0.2, 0) is 24.7 Å². The maximum Gasteiger partial charge on any atom is 0.227 e. The van der Waals surface area contributed by atoms with Crippen molar-refractivity contribution >= 4 is 23.4 Å². The molecule has 136 valence electrons. The molecule has 0 fully saturated rings. The largest absolute Gasteiger partial charge is 0.339 e. The number of benzene rings is 1. The molecular weight excluding hydrogens is 350 g/mol. The molecule has 26 heavy (non-hydrogen) atoms. The number of hydrogen-bond acceptors (Lipinski definition) is 6. The Kier molecular flexibility index (Phi) is 6.06. The number of anilines is 1. The van der Waals surface area contributed by atoms with E-state index in [2.05, 4.69) is 27.4 Å². The molecule has 1 amide bonds. The topological polar surface area (TPSA) is 85.8 Å². The van der Waals surface area contributed by atoms with Crippen molar-refractivity contribution in [2.24, 2.45) is 7.05 Å². The fourth-order valence-electron chi connectivity index (χ4n) is 2.36. The van der Waals surface area contributed by atoms with Gasteiger partial charge in [-0.2, -0.15) is 4.98 Å². The molecule has 1 aromatic carbocycles. The van der Waals surface area contributed by atoms with Crippen LogP contribution in [0.4, 0.5) is 5.69 Å². The number of nitrogens with one attached hydrogen (secondary N) is 1. The number of aromatic nitrogens is 4. The number of amides is 1. The van der Waals surface area contributed by atoms with Crippen molar-refractivity contribution in [3.05, 3.63) is 48.4 Å². The molecule has 2 aromatic heterocycles. The zero-order chi connectivity index (χ0) is 18.4. The van der Waals surface area contributed by atoms with E-state index >= 15 is 0 Å². The SMILES string of the molecule is CCCc1noc(CCC(=O)Nc2ccccc2Sc2nccn2C)n1. The second-order valence-corrected chi connectivity index (χ2v) is 6.83. The molecule has 3 rings (SSSR count). The maximum atomic E-state index is 12.3. The van der Waals surface area contributed by atoms with Crippen molar-refractivity contribution in [2.45, 2.75) is 42.7 Å². The lowest BCUT2D eigenvalue weighted by atomic mass is 10.2. The first-order chi connectivity index (χ1) is 12.7. The van der Waals surface area contributed by atoms with E-state index in [-0.39, 0.29) is 12.3 Å². The number of imidazole rings is 1. The van der Waals surface area contributed by atoms with Crippen molar-refractivity contribution in [3.8, 4) is 0 Å². The number of nitrogens with zero attached hydrogens (tertiary/aromatic N) is 4. The molecule has 8 heteroatoms. The Morgan fingerprint density at radius 1 is 1.31 bits per heavy atom. The molecule has 0 atom stereocenters. The van der Waals surface area contributed by atoms with Gasteiger partial charge in [-0.15, -0.1) is 0 Å². The second kappa shape index (κ2) is 8.66. The highest BCUT2D eigenvalue weighted by Crippen LogP contribution is 2.32. The zero-order valence-corrected chi connectivity index (χ0v) is 15.6. The second-order valence-electron chi connectivity index (χ2n) is 5.82. The quantitative estimate of drug-likeness (QED) is 0.652. The van der Waals surface area contributed by atoms with Crippen LogP contribution in [0.15, 0.2) is 51.2 Å². The van der Waals surface area contributed by atoms with Crippen LogP contribution in [0.3, 0.4) is 0 Å². The molecule has 0 saturated carbocycles. The highest BCUT2D eigenvalue weighted by Gasteiger charge is 2.12. The molecule has 0 spiro atoms. The Labute approximate surface area is 156 Å². The summed E-state index contributed by atoms with van der Waals surface area (Å²) >= 11 is 1.51. The first-order valence-corrected chi connectivity index (χ1v) is 9.33. The first kappa shape index (κ1) is 18.2. The average Bonchev–Trinajstić information content (AvgIpc) is 3.24. The van der Waals surface area contributed by atoms with Crippen LogP contribution in [0.2, 0.25) is 0 Å². The summed E-state index contributed by atoms with van der Waals surface area (Å²) < 4.78 is 7.11. The molecular formula is C18H21N5O2S. The van der Waals surface area contributed by atoms with Crippen molar-refractivity contribution in [3.63, 3.8) is 0 Å². The molecule has 0 aliphatic heterocycles. The molecule has 0 aliphatic carbocycles. The summed E-state index contributed by atoms with van der Waals surface area (Å²) in [5.41, 5.74) is 0.766. The third-order valence-corrected chi connectivity index (χ3v) is 4.84. The fourth-order valence-corrected chi connectivity index (χ4v) is 3.25. The molecule has 0 unspecified atom stereocenters. The van der Waals surface area contributed by atoms with Crippen molar-refractivity contribution in [1.82, 2.24) is 19.7 Å². The zero-order valence-electron chi connectivity index (χ0n) is 14.8. The number of carbonyl (C=O) groups is 1. The summed E-state index contributed by atoms with van der Waals surface area (Å²) in [6.07, 6.45) is 6.10. The summed E-state index contributed by atoms with van der Waals surface area (Å²) in [6, 6.07) is 7.68. The van der Waals surface area contributed by atoms with Gasteiger partial charge in [0.15, 0.2) is 11.0 Å². The van der Waals surface area contributed by atoms with Crippen LogP contribution in [0.5, 0.6) is 0 Å². The summed E-state index contributed by atoms with van der Waals surface area (Å²) in [6.45, 7) is 2.06. The standard InChI is InChI=1S/C18H21N5O2S/c1-3-6-15-21-17(25-22-15)10-9-16(24)20-13-7-4-5-8-14(13)26-18-19-11-12-23(18)2/h4-5,7-8,11-12H,3,6,9-10H2,1-2H3,(H,20,24). The Balaban J connectivity index is 1.59. The molecule has 7 nitrogen and oxygen atoms in total. The highest BCUT2D eigenvalue weighted by molar-refractivity contribution is 7.99. The van der Waals surface area contributed by atoms with Gasteiger partial charge in [0.1, 0.15) is 0 Å². The lowest BCUT2D eigenvalue weighted by Gasteiger charge is -2.10. The van der Waals surface area contributed by atoms with Gasteiger partial charge >= 0.3 is 0 Å². The molecule has 1 N–H and O–H groups in total. The Bertz CT molecular complexity index is 874. The van der Waals surface area contributed by atoms with Crippen molar-refractivity contribution < 1.29 is 9.32 Å². The Morgan fingerprint density at radius 2 is 2.15 bits per heavy atom. The van der Waals surface area contributed by atoms with Gasteiger partial charge in [-0.05, 0) is 30.3 Å². The predicted molar refractivity (Wildman–Crippen MR) is 99.0 cm³/mol. The summed E-state index contributed by atoms with van der Waals surface area (Å²) in [7, 11) is 1.94. The van der Waals surface area contributed by atoms with E-state index < -0.39 is 0 Å². The van der Waals surface area contributed by atoms with Crippen LogP contribution in [0.1, 0.15) is 31.5 Å². The molecule has 0 bridgehead atoms. The average molecular weight is 371 g/mol. The van der Waals surface area contributed by atoms with Crippen LogP contribution >= 0.6 is 11.8 Å². The van der Waals surface area contributed by atoms with Gasteiger partial charge in [-0.1, -0.05) is 24.2 Å². The predicted octanol–water partition coefficient (Wildman–Crippen LogP) is 3.48. The van der Waals surface area contributed by atoms with Gasteiger partial charge in [-0.25, -0.2) is 4.98 Å². The van der Waals surface area contributed by atoms with E-state index in [0.717, 1.165) is 28.6 Å². The normalized spacial score (nSPS) is 10.8. The smallest absolute Gasteiger partial charge is 0.227 e. The van der Waals surface area contributed by atoms with E-state index in [1.165, 1.54) is 11.8 Å². The van der Waals surface area contributed by atoms with Crippen LogP contribution in [-0.4, -0.2) is 25.6 Å². The van der Waals surface area contributed by atoms with Gasteiger partial charge in [0.25, 0.3) is 0 Å². The van der Waals surface area contributed by atoms with Gasteiger partial charge in [0.2, 0.25) is 11.8 Å². The van der Waals surface area contributed by atoms with Crippen LogP contribution in [0, 0.1) is 0 Å². The third-order valence-electron chi connectivity index (χ3n) is 3.69. The minimum atomic E-state index is -0.0897. The van der Waals surface area contributed by atoms with Gasteiger partial charge in [-0.3, -0.25) is 4.79 Å². The Hall–Kier alpha value is -2.61. The van der Waals surface area contributed by atoms with Crippen molar-refractivity contribution in [1.29, 1.82) is 0 Å². The number of aryl methyl sites for hydroxylation is 3. The van der Waals surface area contributed by atoms with E-state index in [1.807, 2.05) is 42.1 Å². The number of hydrogen-bond donors (Lipinski definition) is 1. The minimum Gasteiger partial charge on any atom is -0.339 e. The molecule has 3 aromatic rings. The minimum absolute atomic E-state index is 0.0897. The third kappa shape index (κ3) is 4.72. The van der Waals surface area contributed by atoms with E-state index in [1.54, 1.807) is 6.20 Å². The van der Waals surface area contributed by atoms with E-state index in [4.69, 9.17) is 4.52 Å². The van der Waals surface area contributed by atoms with Gasteiger partial charge < -0.3 is 14.4 Å². The molecule has 0 saturated heterocycles. The van der Waals surface area contributed by atoms with E-state index in [0.29, 0.717) is 18.1 Å². The fraction of sp³-hybridized carbons (Fsp3) is 0.333. The van der Waals surface area contributed by atoms with Crippen LogP contribution in [0.25, 0.3) is 0 Å². The lowest BCUT2D eigenvalue weighted by molar-refractivity contribution is -0.116. The first-order valence-electron chi connectivity index (χ1n) is 8.51. The summed E-state index contributed by atoms with van der Waals surface area (Å²) in [5, 5.41) is 7.72. The monoisotopic (exact) mass is 371 g/mol. The van der Waals surface area contributed by atoms with Crippen LogP contribution < -0.4 is 5.32 Å². The number of para-hydroxylation sites is 1. The van der Waals surface area contributed by atoms with E-state index in [9.17, 15) is 4.79 Å². The Morgan fingerprint density at radius 3 is 2.92 bits per heavy atom. The lowest BCUT2D eigenvalue weighted by Crippen LogP contribution is -2.13. The molecule has 0 radical (unpaired) electrons. The summed E-state index contributed by atoms with van der Waals surface area (Å²) in [4.78, 5) is 21.8. The van der Waals surface area contributed by atoms with Gasteiger partial charge in [0, 0.05) is 43.6 Å². The highest BCUT2D eigenvalue weighted by atomic mass is 32.2. The number of rotatable bonds is 8. The van der Waals surface area contributed by atoms with Gasteiger partial charge in [0.05, 0.1) is 5.69 Å². The summed E-state index contributed by atoms with van der Waals surface area (Å²) in [5.74, 6) is 1.10. The van der Waals surface area contributed by atoms with Crippen molar-refractivity contribution in [2.75, 3.05) is 5.32 Å².